The molecule has 1 aliphatic carbocycles. The van der Waals surface area contributed by atoms with E-state index in [1.807, 2.05) is 13.8 Å². The average molecular weight is 642 g/mol. The summed E-state index contributed by atoms with van der Waals surface area (Å²) in [5.74, 6) is -1.46. The van der Waals surface area contributed by atoms with Gasteiger partial charge in [0.05, 0.1) is 40.4 Å². The highest BCUT2D eigenvalue weighted by atomic mass is 19.4. The van der Waals surface area contributed by atoms with Crippen LogP contribution in [-0.4, -0.2) is 68.9 Å². The van der Waals surface area contributed by atoms with Gasteiger partial charge in [0.1, 0.15) is 29.1 Å². The van der Waals surface area contributed by atoms with Gasteiger partial charge in [0.25, 0.3) is 5.91 Å². The number of piperazine rings is 1. The zero-order chi connectivity index (χ0) is 32.7. The van der Waals surface area contributed by atoms with Crippen LogP contribution in [0.3, 0.4) is 0 Å². The fourth-order valence-electron chi connectivity index (χ4n) is 8.91. The summed E-state index contributed by atoms with van der Waals surface area (Å²) in [6, 6.07) is 0.721. The van der Waals surface area contributed by atoms with Gasteiger partial charge in [-0.15, -0.1) is 0 Å². The molecule has 4 saturated heterocycles. The number of amides is 1. The maximum Gasteiger partial charge on any atom is 0.418 e. The average Bonchev–Trinajstić information content (AvgIpc) is 3.52. The van der Waals surface area contributed by atoms with E-state index in [9.17, 15) is 18.0 Å². The maximum atomic E-state index is 17.1. The van der Waals surface area contributed by atoms with Crippen molar-refractivity contribution in [2.45, 2.75) is 101 Å². The summed E-state index contributed by atoms with van der Waals surface area (Å²) in [4.78, 5) is 29.3. The number of nitrogens with two attached hydrogens (primary N) is 1. The molecule has 0 aromatic carbocycles. The minimum Gasteiger partial charge on any atom is -0.472 e. The lowest BCUT2D eigenvalue weighted by atomic mass is 9.69. The number of rotatable bonds is 3. The third kappa shape index (κ3) is 4.14. The van der Waals surface area contributed by atoms with E-state index in [4.69, 9.17) is 20.2 Å². The van der Waals surface area contributed by atoms with Crippen LogP contribution in [0.25, 0.3) is 22.0 Å². The summed E-state index contributed by atoms with van der Waals surface area (Å²) in [7, 11) is 0. The number of carbonyl (C=O) groups is 1. The van der Waals surface area contributed by atoms with Crippen molar-refractivity contribution < 1.29 is 31.8 Å². The number of carbonyl (C=O) groups excluding carboxylic acids is 1. The highest BCUT2D eigenvalue weighted by Gasteiger charge is 2.61. The lowest BCUT2D eigenvalue weighted by Gasteiger charge is -2.46. The van der Waals surface area contributed by atoms with Crippen molar-refractivity contribution in [1.82, 2.24) is 25.6 Å². The van der Waals surface area contributed by atoms with Crippen LogP contribution in [-0.2, 0) is 10.9 Å². The molecule has 8 heterocycles. The van der Waals surface area contributed by atoms with Gasteiger partial charge in [-0.05, 0) is 59.1 Å². The molecule has 0 spiro atoms. The first-order valence-electron chi connectivity index (χ1n) is 15.6. The Labute approximate surface area is 262 Å². The molecule has 6 aliphatic rings. The monoisotopic (exact) mass is 641 g/mol. The van der Waals surface area contributed by atoms with Crippen LogP contribution < -0.4 is 26.0 Å². The molecular weight excluding hydrogens is 606 g/mol. The first-order valence-corrected chi connectivity index (χ1v) is 15.6. The molecule has 244 valence electrons. The van der Waals surface area contributed by atoms with E-state index in [-0.39, 0.29) is 57.0 Å². The van der Waals surface area contributed by atoms with Gasteiger partial charge < -0.3 is 30.7 Å². The van der Waals surface area contributed by atoms with Crippen LogP contribution in [0, 0.1) is 19.7 Å². The second-order valence-corrected chi connectivity index (χ2v) is 14.4. The molecule has 4 bridgehead atoms. The van der Waals surface area contributed by atoms with Gasteiger partial charge in [0.15, 0.2) is 5.82 Å². The Morgan fingerprint density at radius 2 is 1.91 bits per heavy atom. The standard InChI is InChI=1S/C32H35F4N7O3/c1-13-19-20-26(39-23(13)27(44)42-31-9-30(5,10-31)45-12-31)43-11-29(4)7-6-17(41-29)25(43)15(3)46-28(20)40-24(22(19)33)16-8-18(37)38-14(2)21(16)32(34,35)36/h8,15,17,25,41H,6-7,9-12H2,1-5H3,(H2,37,38)(H,42,44). The number of nitrogens with one attached hydrogen (secondary N) is 2. The van der Waals surface area contributed by atoms with Gasteiger partial charge in [-0.3, -0.25) is 4.79 Å². The van der Waals surface area contributed by atoms with E-state index < -0.39 is 52.1 Å². The second-order valence-electron chi connectivity index (χ2n) is 14.4. The van der Waals surface area contributed by atoms with E-state index in [0.29, 0.717) is 31.8 Å². The first-order chi connectivity index (χ1) is 21.5. The van der Waals surface area contributed by atoms with Crippen molar-refractivity contribution in [2.75, 3.05) is 23.8 Å². The van der Waals surface area contributed by atoms with Gasteiger partial charge >= 0.3 is 6.18 Å². The minimum absolute atomic E-state index is 0.00414. The van der Waals surface area contributed by atoms with Crippen LogP contribution >= 0.6 is 0 Å². The number of fused-ring (bicyclic) bond motifs is 6. The number of hydrogen-bond acceptors (Lipinski definition) is 9. The summed E-state index contributed by atoms with van der Waals surface area (Å²) >= 11 is 0. The Balaban J connectivity index is 1.39. The second kappa shape index (κ2) is 9.18. The number of alkyl halides is 3. The molecule has 4 unspecified atom stereocenters. The predicted molar refractivity (Wildman–Crippen MR) is 161 cm³/mol. The molecule has 14 heteroatoms. The van der Waals surface area contributed by atoms with Crippen LogP contribution in [0.15, 0.2) is 6.07 Å². The number of anilines is 2. The van der Waals surface area contributed by atoms with Gasteiger partial charge in [0, 0.05) is 41.9 Å². The summed E-state index contributed by atoms with van der Waals surface area (Å²) in [5.41, 5.74) is 2.26. The Hall–Kier alpha value is -3.78. The molecule has 4 N–H and O–H groups in total. The third-order valence-electron chi connectivity index (χ3n) is 10.6. The van der Waals surface area contributed by atoms with Crippen LogP contribution in [0.1, 0.15) is 73.8 Å². The van der Waals surface area contributed by atoms with Crippen molar-refractivity contribution in [3.05, 3.63) is 34.4 Å². The third-order valence-corrected chi connectivity index (χ3v) is 10.6. The lowest BCUT2D eigenvalue weighted by molar-refractivity contribution is -0.137. The van der Waals surface area contributed by atoms with Crippen LogP contribution in [0.5, 0.6) is 5.88 Å². The van der Waals surface area contributed by atoms with E-state index in [0.717, 1.165) is 18.9 Å². The summed E-state index contributed by atoms with van der Waals surface area (Å²) < 4.78 is 72.7. The molecule has 1 saturated carbocycles. The SMILES string of the molecule is Cc1nc(N)cc(-c2nc3c4c(nc(C(=O)NC56COC(C)(C5)C6)c(C)c4c2F)N2CC4(C)CCC(N4)C2C(C)O3)c1C(F)(F)F. The maximum absolute atomic E-state index is 17.1. The molecule has 9 rings (SSSR count). The van der Waals surface area contributed by atoms with Crippen molar-refractivity contribution >= 4 is 28.3 Å². The van der Waals surface area contributed by atoms with Crippen molar-refractivity contribution in [3.8, 4) is 17.1 Å². The van der Waals surface area contributed by atoms with Crippen LogP contribution in [0.2, 0.25) is 0 Å². The Morgan fingerprint density at radius 3 is 2.59 bits per heavy atom. The van der Waals surface area contributed by atoms with Gasteiger partial charge in [-0.25, -0.2) is 19.3 Å². The minimum atomic E-state index is -4.88. The predicted octanol–water partition coefficient (Wildman–Crippen LogP) is 4.58. The number of pyridine rings is 3. The molecule has 5 aliphatic heterocycles. The Kier molecular flexibility index (Phi) is 5.91. The quantitative estimate of drug-likeness (QED) is 0.352. The summed E-state index contributed by atoms with van der Waals surface area (Å²) in [6.07, 6.45) is -2.33. The molecule has 3 aromatic rings. The van der Waals surface area contributed by atoms with Crippen molar-refractivity contribution in [3.63, 3.8) is 0 Å². The van der Waals surface area contributed by atoms with Crippen molar-refractivity contribution in [1.29, 1.82) is 0 Å². The van der Waals surface area contributed by atoms with Gasteiger partial charge in [-0.2, -0.15) is 13.2 Å². The molecular formula is C32H35F4N7O3. The topological polar surface area (TPSA) is 128 Å². The molecule has 1 amide bonds. The molecule has 46 heavy (non-hydrogen) atoms. The van der Waals surface area contributed by atoms with Crippen molar-refractivity contribution in [2.24, 2.45) is 0 Å². The zero-order valence-electron chi connectivity index (χ0n) is 26.2. The zero-order valence-corrected chi connectivity index (χ0v) is 26.2. The normalized spacial score (nSPS) is 32.5. The molecule has 0 radical (unpaired) electrons. The van der Waals surface area contributed by atoms with E-state index in [2.05, 4.69) is 32.4 Å². The summed E-state index contributed by atoms with van der Waals surface area (Å²) in [6.45, 7) is 9.56. The number of nitrogens with zero attached hydrogens (tertiary/aromatic N) is 4. The van der Waals surface area contributed by atoms with E-state index in [1.165, 1.54) is 6.92 Å². The molecule has 3 aromatic heterocycles. The number of aromatic nitrogens is 3. The number of hydrogen-bond donors (Lipinski definition) is 3. The summed E-state index contributed by atoms with van der Waals surface area (Å²) in [5, 5.41) is 6.94. The number of ether oxygens (including phenoxy) is 2. The number of halogens is 4. The Bertz CT molecular complexity index is 1860. The van der Waals surface area contributed by atoms with E-state index >= 15 is 4.39 Å². The fourth-order valence-corrected chi connectivity index (χ4v) is 8.91. The molecule has 10 nitrogen and oxygen atoms in total. The van der Waals surface area contributed by atoms with Gasteiger partial charge in [-0.1, -0.05) is 0 Å². The Morgan fingerprint density at radius 1 is 1.17 bits per heavy atom. The molecule has 4 atom stereocenters. The smallest absolute Gasteiger partial charge is 0.418 e. The number of aryl methyl sites for hydroxylation is 2. The first kappa shape index (κ1) is 29.6. The van der Waals surface area contributed by atoms with E-state index in [1.54, 1.807) is 6.92 Å². The van der Waals surface area contributed by atoms with Gasteiger partial charge in [0.2, 0.25) is 5.88 Å². The fraction of sp³-hybridized carbons (Fsp3) is 0.562. The highest BCUT2D eigenvalue weighted by Crippen LogP contribution is 2.52. The largest absolute Gasteiger partial charge is 0.472 e. The number of nitrogen functional groups attached to an aromatic ring is 1. The molecule has 5 fully saturated rings. The lowest BCUT2D eigenvalue weighted by Crippen LogP contribution is -2.66. The van der Waals surface area contributed by atoms with Crippen LogP contribution in [0.4, 0.5) is 29.2 Å². The highest BCUT2D eigenvalue weighted by molar-refractivity contribution is 6.07.